The van der Waals surface area contributed by atoms with Crippen LogP contribution >= 0.6 is 11.6 Å². The number of hydrogen-bond acceptors (Lipinski definition) is 1. The van der Waals surface area contributed by atoms with Crippen molar-refractivity contribution in [3.63, 3.8) is 0 Å². The zero-order chi connectivity index (χ0) is 21.3. The highest BCUT2D eigenvalue weighted by molar-refractivity contribution is 6.30. The van der Waals surface area contributed by atoms with Gasteiger partial charge in [-0.05, 0) is 103 Å². The highest BCUT2D eigenvalue weighted by Crippen LogP contribution is 2.67. The van der Waals surface area contributed by atoms with Crippen molar-refractivity contribution in [1.29, 1.82) is 0 Å². The molecule has 3 saturated carbocycles. The zero-order valence-electron chi connectivity index (χ0n) is 19.2. The summed E-state index contributed by atoms with van der Waals surface area (Å²) in [5, 5.41) is 0.836. The van der Waals surface area contributed by atoms with Gasteiger partial charge in [0.25, 0.3) is 0 Å². The quantitative estimate of drug-likeness (QED) is 0.520. The van der Waals surface area contributed by atoms with Gasteiger partial charge in [0.15, 0.2) is 0 Å². The summed E-state index contributed by atoms with van der Waals surface area (Å²) < 4.78 is 0. The third-order valence-corrected chi connectivity index (χ3v) is 10.5. The van der Waals surface area contributed by atoms with E-state index < -0.39 is 0 Å². The molecule has 0 radical (unpaired) electrons. The molecule has 1 saturated heterocycles. The van der Waals surface area contributed by atoms with Crippen molar-refractivity contribution < 1.29 is 4.79 Å². The van der Waals surface area contributed by atoms with E-state index in [-0.39, 0.29) is 0 Å². The van der Waals surface area contributed by atoms with E-state index in [0.29, 0.717) is 22.8 Å². The number of likely N-dealkylation sites (tertiary alicyclic amines) is 1. The number of piperidine rings is 1. The minimum absolute atomic E-state index is 0.315. The summed E-state index contributed by atoms with van der Waals surface area (Å²) in [5.74, 6) is 4.36. The Morgan fingerprint density at radius 3 is 2.57 bits per heavy atom. The molecule has 3 heteroatoms. The topological polar surface area (TPSA) is 20.3 Å². The molecular weight excluding hydrogens is 390 g/mol. The maximum Gasteiger partial charge on any atom is 0.222 e. The van der Waals surface area contributed by atoms with Crippen LogP contribution in [-0.2, 0) is 11.2 Å². The van der Waals surface area contributed by atoms with Gasteiger partial charge >= 0.3 is 0 Å². The van der Waals surface area contributed by atoms with Gasteiger partial charge in [0.1, 0.15) is 0 Å². The van der Waals surface area contributed by atoms with Gasteiger partial charge in [0.05, 0.1) is 0 Å². The molecule has 1 aromatic rings. The van der Waals surface area contributed by atoms with Gasteiger partial charge in [0, 0.05) is 24.5 Å². The van der Waals surface area contributed by atoms with E-state index in [1.807, 2.05) is 12.1 Å². The largest absolute Gasteiger partial charge is 0.342 e. The molecule has 3 aliphatic carbocycles. The predicted molar refractivity (Wildman–Crippen MR) is 123 cm³/mol. The highest BCUT2D eigenvalue weighted by Gasteiger charge is 2.61. The van der Waals surface area contributed by atoms with Crippen molar-refractivity contribution in [2.45, 2.75) is 78.2 Å². The lowest BCUT2D eigenvalue weighted by molar-refractivity contribution is -0.164. The molecule has 4 aliphatic rings. The van der Waals surface area contributed by atoms with E-state index >= 15 is 0 Å². The van der Waals surface area contributed by atoms with Crippen molar-refractivity contribution in [3.8, 4) is 0 Å². The molecule has 164 valence electrons. The van der Waals surface area contributed by atoms with Crippen LogP contribution in [0.15, 0.2) is 24.3 Å². The van der Waals surface area contributed by atoms with Crippen LogP contribution in [0.2, 0.25) is 5.02 Å². The van der Waals surface area contributed by atoms with Crippen molar-refractivity contribution in [2.24, 2.45) is 40.4 Å². The standard InChI is InChI=1S/C27H38ClNO/c1-17-13-23-27(3,12-10-24(30)29(23)4)21-9-11-26(2)16-19(15-22(26)25(17)21)14-18-5-7-20(28)8-6-18/h5-8,17,19,21-23,25H,9-16H2,1-4H3/t17?,19?,21-,22+,23?,25-,26-,27-/m1/s1. The second-order valence-corrected chi connectivity index (χ2v) is 12.3. The van der Waals surface area contributed by atoms with Gasteiger partial charge in [-0.3, -0.25) is 4.79 Å². The Balaban J connectivity index is 1.39. The van der Waals surface area contributed by atoms with E-state index in [0.717, 1.165) is 47.5 Å². The lowest BCUT2D eigenvalue weighted by atomic mass is 9.45. The number of amides is 1. The van der Waals surface area contributed by atoms with Gasteiger partial charge in [-0.1, -0.05) is 44.5 Å². The molecule has 0 N–H and O–H groups in total. The molecule has 0 bridgehead atoms. The van der Waals surface area contributed by atoms with E-state index in [2.05, 4.69) is 44.9 Å². The average molecular weight is 428 g/mol. The predicted octanol–water partition coefficient (Wildman–Crippen LogP) is 6.61. The molecule has 4 fully saturated rings. The molecular formula is C27H38ClNO. The number of nitrogens with zero attached hydrogens (tertiary/aromatic N) is 1. The highest BCUT2D eigenvalue weighted by atomic mass is 35.5. The van der Waals surface area contributed by atoms with E-state index in [4.69, 9.17) is 11.6 Å². The van der Waals surface area contributed by atoms with Crippen LogP contribution in [0.5, 0.6) is 0 Å². The third kappa shape index (κ3) is 3.15. The third-order valence-electron chi connectivity index (χ3n) is 10.2. The second-order valence-electron chi connectivity index (χ2n) is 11.9. The SMILES string of the molecule is CC1CC2N(C)C(=O)CC[C@]2(C)[C@@H]2CC[C@]3(C)CC(Cc4ccc(Cl)cc4)C[C@H]3[C@H]12. The molecule has 2 nitrogen and oxygen atoms in total. The first-order chi connectivity index (χ1) is 14.2. The van der Waals surface area contributed by atoms with Crippen LogP contribution in [0.1, 0.15) is 71.3 Å². The van der Waals surface area contributed by atoms with Crippen LogP contribution in [0.25, 0.3) is 0 Å². The first kappa shape index (κ1) is 20.9. The fourth-order valence-corrected chi connectivity index (χ4v) is 8.91. The lowest BCUT2D eigenvalue weighted by Gasteiger charge is -2.63. The summed E-state index contributed by atoms with van der Waals surface area (Å²) in [5.41, 5.74) is 2.26. The number of benzene rings is 1. The Kier molecular flexibility index (Phi) is 5.05. The Morgan fingerprint density at radius 1 is 1.10 bits per heavy atom. The van der Waals surface area contributed by atoms with Gasteiger partial charge in [-0.2, -0.15) is 0 Å². The Morgan fingerprint density at radius 2 is 1.83 bits per heavy atom. The number of halogens is 1. The van der Waals surface area contributed by atoms with Crippen molar-refractivity contribution >= 4 is 17.5 Å². The minimum Gasteiger partial charge on any atom is -0.342 e. The average Bonchev–Trinajstić information content (AvgIpc) is 3.04. The number of rotatable bonds is 2. The fraction of sp³-hybridized carbons (Fsp3) is 0.741. The maximum atomic E-state index is 12.4. The van der Waals surface area contributed by atoms with Gasteiger partial charge in [0.2, 0.25) is 5.91 Å². The van der Waals surface area contributed by atoms with Crippen molar-refractivity contribution in [1.82, 2.24) is 4.90 Å². The fourth-order valence-electron chi connectivity index (χ4n) is 8.78. The Bertz CT molecular complexity index is 821. The molecule has 3 unspecified atom stereocenters. The zero-order valence-corrected chi connectivity index (χ0v) is 19.9. The first-order valence-corrected chi connectivity index (χ1v) is 12.6. The molecule has 1 heterocycles. The normalized spacial score (nSPS) is 45.6. The Labute approximate surface area is 187 Å². The van der Waals surface area contributed by atoms with Crippen LogP contribution < -0.4 is 0 Å². The molecule has 1 amide bonds. The number of carbonyl (C=O) groups is 1. The summed E-state index contributed by atoms with van der Waals surface area (Å²) in [6.45, 7) is 7.64. The molecule has 1 aromatic carbocycles. The maximum absolute atomic E-state index is 12.4. The number of hydrogen-bond donors (Lipinski definition) is 0. The molecule has 8 atom stereocenters. The summed E-state index contributed by atoms with van der Waals surface area (Å²) in [7, 11) is 2.07. The van der Waals surface area contributed by atoms with Crippen LogP contribution in [-0.4, -0.2) is 23.9 Å². The van der Waals surface area contributed by atoms with E-state index in [1.165, 1.54) is 44.1 Å². The number of carbonyl (C=O) groups excluding carboxylic acids is 1. The smallest absolute Gasteiger partial charge is 0.222 e. The monoisotopic (exact) mass is 427 g/mol. The van der Waals surface area contributed by atoms with Crippen LogP contribution in [0, 0.1) is 40.4 Å². The van der Waals surface area contributed by atoms with Crippen LogP contribution in [0.3, 0.4) is 0 Å². The second kappa shape index (κ2) is 7.26. The van der Waals surface area contributed by atoms with Gasteiger partial charge in [-0.25, -0.2) is 0 Å². The summed E-state index contributed by atoms with van der Waals surface area (Å²) in [6, 6.07) is 8.98. The molecule has 5 rings (SSSR count). The summed E-state index contributed by atoms with van der Waals surface area (Å²) in [4.78, 5) is 14.6. The summed E-state index contributed by atoms with van der Waals surface area (Å²) >= 11 is 6.11. The van der Waals surface area contributed by atoms with Crippen LogP contribution in [0.4, 0.5) is 0 Å². The lowest BCUT2D eigenvalue weighted by Crippen LogP contribution is -2.62. The van der Waals surface area contributed by atoms with Gasteiger partial charge in [-0.15, -0.1) is 0 Å². The number of fused-ring (bicyclic) bond motifs is 5. The molecule has 1 aliphatic heterocycles. The minimum atomic E-state index is 0.315. The molecule has 0 aromatic heterocycles. The van der Waals surface area contributed by atoms with Crippen molar-refractivity contribution in [3.05, 3.63) is 34.9 Å². The Hall–Kier alpha value is -1.02. The summed E-state index contributed by atoms with van der Waals surface area (Å²) in [6.07, 6.45) is 9.78. The van der Waals surface area contributed by atoms with E-state index in [9.17, 15) is 4.79 Å². The first-order valence-electron chi connectivity index (χ1n) is 12.2. The molecule has 0 spiro atoms. The van der Waals surface area contributed by atoms with Gasteiger partial charge < -0.3 is 4.90 Å². The van der Waals surface area contributed by atoms with E-state index in [1.54, 1.807) is 0 Å². The molecule has 30 heavy (non-hydrogen) atoms. The van der Waals surface area contributed by atoms with Crippen molar-refractivity contribution in [2.75, 3.05) is 7.05 Å².